The van der Waals surface area contributed by atoms with Crippen molar-refractivity contribution in [2.45, 2.75) is 44.1 Å². The van der Waals surface area contributed by atoms with Crippen molar-refractivity contribution >= 4 is 0 Å². The van der Waals surface area contributed by atoms with E-state index in [1.165, 1.54) is 31.9 Å². The Bertz CT molecular complexity index is 414. The van der Waals surface area contributed by atoms with E-state index in [1.807, 2.05) is 6.07 Å². The molecule has 1 heterocycles. The van der Waals surface area contributed by atoms with Gasteiger partial charge in [0.25, 0.3) is 0 Å². The number of hydrogen-bond acceptors (Lipinski definition) is 4. The second kappa shape index (κ2) is 5.83. The molecule has 96 valence electrons. The molecule has 0 radical (unpaired) electrons. The van der Waals surface area contributed by atoms with Crippen LogP contribution in [0, 0.1) is 11.3 Å². The van der Waals surface area contributed by atoms with Gasteiger partial charge in [-0.25, -0.2) is 4.98 Å². The van der Waals surface area contributed by atoms with Gasteiger partial charge in [0.2, 0.25) is 5.88 Å². The summed E-state index contributed by atoms with van der Waals surface area (Å²) in [5.74, 6) is 0.545. The largest absolute Gasteiger partial charge is 0.476 e. The highest BCUT2D eigenvalue weighted by Crippen LogP contribution is 2.25. The third kappa shape index (κ3) is 3.44. The van der Waals surface area contributed by atoms with Crippen molar-refractivity contribution in [3.8, 4) is 11.9 Å². The highest BCUT2D eigenvalue weighted by atomic mass is 16.5. The van der Waals surface area contributed by atoms with E-state index in [-0.39, 0.29) is 5.54 Å². The molecule has 0 unspecified atom stereocenters. The Morgan fingerprint density at radius 2 is 2.00 bits per heavy atom. The fourth-order valence-electron chi connectivity index (χ4n) is 2.33. The number of hydrogen-bond donors (Lipinski definition) is 1. The van der Waals surface area contributed by atoms with Gasteiger partial charge in [0, 0.05) is 12.3 Å². The summed E-state index contributed by atoms with van der Waals surface area (Å²) in [6.07, 6.45) is 8.46. The van der Waals surface area contributed by atoms with Gasteiger partial charge < -0.3 is 10.5 Å². The van der Waals surface area contributed by atoms with Crippen LogP contribution in [-0.2, 0) is 0 Å². The summed E-state index contributed by atoms with van der Waals surface area (Å²) in [6, 6.07) is 5.46. The lowest BCUT2D eigenvalue weighted by molar-refractivity contribution is 0.193. The fourth-order valence-corrected chi connectivity index (χ4v) is 2.33. The quantitative estimate of drug-likeness (QED) is 0.830. The van der Waals surface area contributed by atoms with Gasteiger partial charge in [-0.15, -0.1) is 0 Å². The predicted octanol–water partition coefficient (Wildman–Crippen LogP) is 2.38. The maximum Gasteiger partial charge on any atom is 0.213 e. The number of nitriles is 1. The highest BCUT2D eigenvalue weighted by Gasteiger charge is 2.27. The Kier molecular flexibility index (Phi) is 4.16. The van der Waals surface area contributed by atoms with E-state index in [2.05, 4.69) is 4.98 Å². The lowest BCUT2D eigenvalue weighted by Crippen LogP contribution is -2.45. The molecule has 0 atom stereocenters. The van der Waals surface area contributed by atoms with E-state index in [4.69, 9.17) is 15.7 Å². The van der Waals surface area contributed by atoms with E-state index in [9.17, 15) is 0 Å². The molecule has 4 nitrogen and oxygen atoms in total. The Morgan fingerprint density at radius 1 is 1.28 bits per heavy atom. The van der Waals surface area contributed by atoms with Crippen LogP contribution in [0.3, 0.4) is 0 Å². The minimum absolute atomic E-state index is 0.216. The topological polar surface area (TPSA) is 71.9 Å². The molecule has 0 aromatic carbocycles. The monoisotopic (exact) mass is 245 g/mol. The van der Waals surface area contributed by atoms with Gasteiger partial charge in [-0.05, 0) is 18.9 Å². The van der Waals surface area contributed by atoms with Crippen LogP contribution >= 0.6 is 0 Å². The van der Waals surface area contributed by atoms with Crippen LogP contribution in [0.15, 0.2) is 18.3 Å². The number of nitrogens with two attached hydrogens (primary N) is 1. The average Bonchev–Trinajstić information content (AvgIpc) is 2.62. The first-order valence-corrected chi connectivity index (χ1v) is 6.50. The molecule has 1 fully saturated rings. The third-order valence-corrected chi connectivity index (χ3v) is 3.47. The van der Waals surface area contributed by atoms with Crippen molar-refractivity contribution < 1.29 is 4.74 Å². The summed E-state index contributed by atoms with van der Waals surface area (Å²) in [6.45, 7) is 0.506. The smallest absolute Gasteiger partial charge is 0.213 e. The van der Waals surface area contributed by atoms with Gasteiger partial charge in [-0.3, -0.25) is 0 Å². The second-order valence-electron chi connectivity index (χ2n) is 5.06. The summed E-state index contributed by atoms with van der Waals surface area (Å²) in [4.78, 5) is 4.09. The lowest BCUT2D eigenvalue weighted by atomic mass is 9.93. The predicted molar refractivity (Wildman–Crippen MR) is 69.1 cm³/mol. The Hall–Kier alpha value is -1.60. The van der Waals surface area contributed by atoms with Crippen LogP contribution < -0.4 is 10.5 Å². The maximum absolute atomic E-state index is 8.68. The molecule has 0 bridgehead atoms. The van der Waals surface area contributed by atoms with Gasteiger partial charge in [0.05, 0.1) is 11.1 Å². The average molecular weight is 245 g/mol. The van der Waals surface area contributed by atoms with E-state index < -0.39 is 0 Å². The van der Waals surface area contributed by atoms with Gasteiger partial charge in [-0.2, -0.15) is 5.26 Å². The van der Waals surface area contributed by atoms with Gasteiger partial charge in [0.1, 0.15) is 12.7 Å². The standard InChI is InChI=1S/C14H19N3O/c15-9-12-5-6-13(17-10-12)18-11-14(16)7-3-1-2-4-8-14/h5-6,10H,1-4,7-8,11,16H2. The van der Waals surface area contributed by atoms with Crippen LogP contribution in [0.4, 0.5) is 0 Å². The molecule has 2 rings (SSSR count). The van der Waals surface area contributed by atoms with Crippen molar-refractivity contribution in [1.82, 2.24) is 4.98 Å². The van der Waals surface area contributed by atoms with Gasteiger partial charge in [0.15, 0.2) is 0 Å². The lowest BCUT2D eigenvalue weighted by Gasteiger charge is -2.27. The molecule has 0 spiro atoms. The number of nitrogens with zero attached hydrogens (tertiary/aromatic N) is 2. The molecule has 1 saturated carbocycles. The summed E-state index contributed by atoms with van der Waals surface area (Å²) < 4.78 is 5.66. The number of aromatic nitrogens is 1. The molecule has 0 aliphatic heterocycles. The molecule has 0 amide bonds. The van der Waals surface area contributed by atoms with Crippen LogP contribution in [0.25, 0.3) is 0 Å². The van der Waals surface area contributed by atoms with E-state index >= 15 is 0 Å². The number of ether oxygens (including phenoxy) is 1. The molecule has 1 aliphatic carbocycles. The van der Waals surface area contributed by atoms with E-state index in [0.29, 0.717) is 18.1 Å². The Balaban J connectivity index is 1.91. The normalized spacial score (nSPS) is 18.7. The van der Waals surface area contributed by atoms with Crippen molar-refractivity contribution in [3.05, 3.63) is 23.9 Å². The van der Waals surface area contributed by atoms with Crippen LogP contribution in [0.5, 0.6) is 5.88 Å². The summed E-state index contributed by atoms with van der Waals surface area (Å²) in [7, 11) is 0. The summed E-state index contributed by atoms with van der Waals surface area (Å²) >= 11 is 0. The zero-order valence-electron chi connectivity index (χ0n) is 10.6. The van der Waals surface area contributed by atoms with Gasteiger partial charge >= 0.3 is 0 Å². The molecular weight excluding hydrogens is 226 g/mol. The Morgan fingerprint density at radius 3 is 2.56 bits per heavy atom. The molecule has 2 N–H and O–H groups in total. The van der Waals surface area contributed by atoms with Crippen molar-refractivity contribution in [1.29, 1.82) is 5.26 Å². The van der Waals surface area contributed by atoms with Crippen LogP contribution in [0.1, 0.15) is 44.1 Å². The fraction of sp³-hybridized carbons (Fsp3) is 0.571. The first-order chi connectivity index (χ1) is 8.72. The van der Waals surface area contributed by atoms with Crippen LogP contribution in [0.2, 0.25) is 0 Å². The zero-order chi connectivity index (χ0) is 12.8. The maximum atomic E-state index is 8.68. The molecule has 0 saturated heterocycles. The Labute approximate surface area is 108 Å². The number of rotatable bonds is 3. The minimum Gasteiger partial charge on any atom is -0.476 e. The molecular formula is C14H19N3O. The third-order valence-electron chi connectivity index (χ3n) is 3.47. The zero-order valence-corrected chi connectivity index (χ0v) is 10.6. The summed E-state index contributed by atoms with van der Waals surface area (Å²) in [5, 5.41) is 8.68. The van der Waals surface area contributed by atoms with E-state index in [0.717, 1.165) is 12.8 Å². The summed E-state index contributed by atoms with van der Waals surface area (Å²) in [5.41, 5.74) is 6.68. The first-order valence-electron chi connectivity index (χ1n) is 6.50. The highest BCUT2D eigenvalue weighted by molar-refractivity contribution is 5.28. The van der Waals surface area contributed by atoms with Crippen molar-refractivity contribution in [2.75, 3.05) is 6.61 Å². The first kappa shape index (κ1) is 12.8. The second-order valence-corrected chi connectivity index (χ2v) is 5.06. The molecule has 18 heavy (non-hydrogen) atoms. The van der Waals surface area contributed by atoms with Crippen molar-refractivity contribution in [3.63, 3.8) is 0 Å². The van der Waals surface area contributed by atoms with Gasteiger partial charge in [-0.1, -0.05) is 25.7 Å². The molecule has 4 heteroatoms. The molecule has 1 aromatic rings. The number of pyridine rings is 1. The van der Waals surface area contributed by atoms with Crippen molar-refractivity contribution in [2.24, 2.45) is 5.73 Å². The SMILES string of the molecule is N#Cc1ccc(OCC2(N)CCCCCC2)nc1. The molecule has 1 aliphatic rings. The van der Waals surface area contributed by atoms with Crippen LogP contribution in [-0.4, -0.2) is 17.1 Å². The van der Waals surface area contributed by atoms with E-state index in [1.54, 1.807) is 12.1 Å². The minimum atomic E-state index is -0.216. The molecule has 1 aromatic heterocycles.